The van der Waals surface area contributed by atoms with Gasteiger partial charge in [0.15, 0.2) is 5.13 Å². The molecular weight excluding hydrogens is 320 g/mol. The number of nitrogens with zero attached hydrogens (tertiary/aromatic N) is 2. The summed E-state index contributed by atoms with van der Waals surface area (Å²) in [7, 11) is 0. The number of halogens is 2. The average Bonchev–Trinajstić information content (AvgIpc) is 3.20. The van der Waals surface area contributed by atoms with Gasteiger partial charge < -0.3 is 10.2 Å². The molecule has 1 aromatic heterocycles. The Bertz CT molecular complexity index is 658. The molecule has 0 bridgehead atoms. The molecule has 1 N–H and O–H groups in total. The molecule has 1 aromatic carbocycles. The summed E-state index contributed by atoms with van der Waals surface area (Å²) in [5.74, 6) is -1.27. The monoisotopic (exact) mass is 337 g/mol. The molecule has 0 saturated carbocycles. The average molecular weight is 337 g/mol. The highest BCUT2D eigenvalue weighted by Crippen LogP contribution is 2.27. The number of anilines is 1. The molecule has 0 radical (unpaired) electrons. The summed E-state index contributed by atoms with van der Waals surface area (Å²) in [6, 6.07) is 3.52. The van der Waals surface area contributed by atoms with Gasteiger partial charge in [0, 0.05) is 30.2 Å². The van der Waals surface area contributed by atoms with Crippen LogP contribution in [0.1, 0.15) is 18.4 Å². The number of carbonyl (C=O) groups excluding carboxylic acids is 1. The van der Waals surface area contributed by atoms with Gasteiger partial charge in [0.1, 0.15) is 17.7 Å². The summed E-state index contributed by atoms with van der Waals surface area (Å²) >= 11 is 1.50. The van der Waals surface area contributed by atoms with Crippen LogP contribution in [0.25, 0.3) is 0 Å². The molecule has 1 saturated heterocycles. The van der Waals surface area contributed by atoms with Gasteiger partial charge in [-0.2, -0.15) is 0 Å². The fourth-order valence-electron chi connectivity index (χ4n) is 2.83. The molecule has 1 aliphatic heterocycles. The van der Waals surface area contributed by atoms with Crippen LogP contribution in [-0.4, -0.2) is 30.0 Å². The molecule has 1 unspecified atom stereocenters. The minimum absolute atomic E-state index is 0.0102. The number of thiazole rings is 1. The van der Waals surface area contributed by atoms with E-state index in [1.807, 2.05) is 10.3 Å². The van der Waals surface area contributed by atoms with Gasteiger partial charge in [0.05, 0.1) is 0 Å². The highest BCUT2D eigenvalue weighted by Gasteiger charge is 2.31. The Hall–Kier alpha value is -2.02. The Morgan fingerprint density at radius 3 is 2.87 bits per heavy atom. The second-order valence-corrected chi connectivity index (χ2v) is 6.28. The zero-order valence-corrected chi connectivity index (χ0v) is 13.3. The van der Waals surface area contributed by atoms with E-state index in [2.05, 4.69) is 10.3 Å². The summed E-state index contributed by atoms with van der Waals surface area (Å²) in [5, 5.41) is 5.50. The Morgan fingerprint density at radius 2 is 2.17 bits per heavy atom. The smallest absolute Gasteiger partial charge is 0.242 e. The molecular formula is C16H17F2N3OS. The van der Waals surface area contributed by atoms with E-state index in [4.69, 9.17) is 0 Å². The number of amides is 1. The van der Waals surface area contributed by atoms with Crippen LogP contribution < -0.4 is 10.2 Å². The van der Waals surface area contributed by atoms with Crippen LogP contribution in [0, 0.1) is 11.6 Å². The fourth-order valence-corrected chi connectivity index (χ4v) is 3.54. The number of carbonyl (C=O) groups is 1. The van der Waals surface area contributed by atoms with E-state index in [1.165, 1.54) is 29.5 Å². The lowest BCUT2D eigenvalue weighted by Gasteiger charge is -2.23. The van der Waals surface area contributed by atoms with E-state index in [1.54, 1.807) is 6.20 Å². The predicted molar refractivity (Wildman–Crippen MR) is 85.6 cm³/mol. The van der Waals surface area contributed by atoms with Crippen molar-refractivity contribution in [1.29, 1.82) is 0 Å². The van der Waals surface area contributed by atoms with Crippen LogP contribution in [-0.2, 0) is 11.2 Å². The Morgan fingerprint density at radius 1 is 1.39 bits per heavy atom. The molecule has 1 aliphatic rings. The standard InChI is InChI=1S/C16H17F2N3OS/c17-12-3-1-4-13(18)11(12)6-7-19-15(22)14-5-2-9-21(14)16-20-8-10-23-16/h1,3-4,8,10,14H,2,5-7,9H2,(H,19,22). The van der Waals surface area contributed by atoms with Crippen LogP contribution >= 0.6 is 11.3 Å². The van der Waals surface area contributed by atoms with Crippen molar-refractivity contribution in [3.8, 4) is 0 Å². The van der Waals surface area contributed by atoms with E-state index >= 15 is 0 Å². The third-order valence-corrected chi connectivity index (χ3v) is 4.76. The SMILES string of the molecule is O=C(NCCc1c(F)cccc1F)C1CCCN1c1nccs1. The zero-order valence-electron chi connectivity index (χ0n) is 12.5. The third-order valence-electron chi connectivity index (χ3n) is 3.96. The topological polar surface area (TPSA) is 45.2 Å². The van der Waals surface area contributed by atoms with Gasteiger partial charge in [-0.25, -0.2) is 13.8 Å². The maximum atomic E-state index is 13.6. The second-order valence-electron chi connectivity index (χ2n) is 5.41. The summed E-state index contributed by atoms with van der Waals surface area (Å²) < 4.78 is 27.1. The summed E-state index contributed by atoms with van der Waals surface area (Å²) in [5.41, 5.74) is 0.0102. The first kappa shape index (κ1) is 15.9. The molecule has 122 valence electrons. The van der Waals surface area contributed by atoms with Gasteiger partial charge in [0.2, 0.25) is 5.91 Å². The van der Waals surface area contributed by atoms with Crippen molar-refractivity contribution in [2.45, 2.75) is 25.3 Å². The van der Waals surface area contributed by atoms with Crippen molar-refractivity contribution in [3.05, 3.63) is 47.0 Å². The lowest BCUT2D eigenvalue weighted by atomic mass is 10.1. The van der Waals surface area contributed by atoms with Gasteiger partial charge >= 0.3 is 0 Å². The van der Waals surface area contributed by atoms with Crippen molar-refractivity contribution in [2.75, 3.05) is 18.0 Å². The van der Waals surface area contributed by atoms with Crippen LogP contribution in [0.4, 0.5) is 13.9 Å². The van der Waals surface area contributed by atoms with Crippen LogP contribution in [0.15, 0.2) is 29.8 Å². The second kappa shape index (κ2) is 7.04. The van der Waals surface area contributed by atoms with Gasteiger partial charge in [0.25, 0.3) is 0 Å². The van der Waals surface area contributed by atoms with Crippen molar-refractivity contribution in [3.63, 3.8) is 0 Å². The maximum absolute atomic E-state index is 13.6. The zero-order chi connectivity index (χ0) is 16.2. The predicted octanol–water partition coefficient (Wildman–Crippen LogP) is 2.75. The third kappa shape index (κ3) is 3.50. The lowest BCUT2D eigenvalue weighted by Crippen LogP contribution is -2.44. The summed E-state index contributed by atoms with van der Waals surface area (Å²) in [6.07, 6.45) is 3.54. The molecule has 1 atom stereocenters. The molecule has 4 nitrogen and oxygen atoms in total. The normalized spacial score (nSPS) is 17.5. The van der Waals surface area contributed by atoms with Crippen molar-refractivity contribution >= 4 is 22.4 Å². The molecule has 0 aliphatic carbocycles. The molecule has 7 heteroatoms. The van der Waals surface area contributed by atoms with Gasteiger partial charge in [-0.3, -0.25) is 4.79 Å². The summed E-state index contributed by atoms with van der Waals surface area (Å²) in [6.45, 7) is 1.01. The van der Waals surface area contributed by atoms with Crippen molar-refractivity contribution in [2.24, 2.45) is 0 Å². The number of nitrogens with one attached hydrogen (secondary N) is 1. The van der Waals surface area contributed by atoms with Gasteiger partial charge in [-0.05, 0) is 31.4 Å². The quantitative estimate of drug-likeness (QED) is 0.912. The number of hydrogen-bond acceptors (Lipinski definition) is 4. The van der Waals surface area contributed by atoms with Crippen LogP contribution in [0.2, 0.25) is 0 Å². The first-order chi connectivity index (χ1) is 11.2. The van der Waals surface area contributed by atoms with Crippen molar-refractivity contribution in [1.82, 2.24) is 10.3 Å². The molecule has 23 heavy (non-hydrogen) atoms. The number of hydrogen-bond donors (Lipinski definition) is 1. The summed E-state index contributed by atoms with van der Waals surface area (Å²) in [4.78, 5) is 18.6. The lowest BCUT2D eigenvalue weighted by molar-refractivity contribution is -0.122. The molecule has 1 fully saturated rings. The van der Waals surface area contributed by atoms with E-state index in [-0.39, 0.29) is 30.5 Å². The first-order valence-corrected chi connectivity index (χ1v) is 8.41. The van der Waals surface area contributed by atoms with Gasteiger partial charge in [-0.15, -0.1) is 11.3 Å². The first-order valence-electron chi connectivity index (χ1n) is 7.53. The largest absolute Gasteiger partial charge is 0.354 e. The Kier molecular flexibility index (Phi) is 4.85. The number of benzene rings is 1. The minimum atomic E-state index is -0.579. The van der Waals surface area contributed by atoms with Crippen LogP contribution in [0.5, 0.6) is 0 Å². The highest BCUT2D eigenvalue weighted by atomic mass is 32.1. The molecule has 2 aromatic rings. The van der Waals surface area contributed by atoms with E-state index < -0.39 is 11.6 Å². The maximum Gasteiger partial charge on any atom is 0.242 e. The Labute approximate surface area is 137 Å². The molecule has 3 rings (SSSR count). The van der Waals surface area contributed by atoms with E-state index in [0.29, 0.717) is 0 Å². The molecule has 0 spiro atoms. The van der Waals surface area contributed by atoms with Gasteiger partial charge in [-0.1, -0.05) is 6.07 Å². The van der Waals surface area contributed by atoms with Crippen LogP contribution in [0.3, 0.4) is 0 Å². The van der Waals surface area contributed by atoms with Crippen molar-refractivity contribution < 1.29 is 13.6 Å². The molecule has 1 amide bonds. The van der Waals surface area contributed by atoms with E-state index in [0.717, 1.165) is 24.5 Å². The molecule has 2 heterocycles. The Balaban J connectivity index is 1.57. The van der Waals surface area contributed by atoms with E-state index in [9.17, 15) is 13.6 Å². The fraction of sp³-hybridized carbons (Fsp3) is 0.375. The number of rotatable bonds is 5. The highest BCUT2D eigenvalue weighted by molar-refractivity contribution is 7.13. The minimum Gasteiger partial charge on any atom is -0.354 e. The number of aromatic nitrogens is 1.